The lowest BCUT2D eigenvalue weighted by Gasteiger charge is -2.22. The molecule has 17 heavy (non-hydrogen) atoms. The first-order chi connectivity index (χ1) is 8.13. The molecule has 6 heteroatoms. The van der Waals surface area contributed by atoms with Crippen LogP contribution in [0.25, 0.3) is 0 Å². The van der Waals surface area contributed by atoms with Crippen LogP contribution in [0.1, 0.15) is 11.6 Å². The van der Waals surface area contributed by atoms with Gasteiger partial charge >= 0.3 is 5.97 Å². The van der Waals surface area contributed by atoms with Gasteiger partial charge in [0.2, 0.25) is 0 Å². The number of hydrogen-bond acceptors (Lipinski definition) is 4. The molecule has 0 aromatic heterocycles. The van der Waals surface area contributed by atoms with Gasteiger partial charge in [0.15, 0.2) is 11.5 Å². The second-order valence-electron chi connectivity index (χ2n) is 3.59. The van der Waals surface area contributed by atoms with Gasteiger partial charge in [-0.1, -0.05) is 0 Å². The van der Waals surface area contributed by atoms with E-state index in [2.05, 4.69) is 21.2 Å². The Labute approximate surface area is 107 Å². The lowest BCUT2D eigenvalue weighted by atomic mass is 10.1. The minimum Gasteiger partial charge on any atom is -0.486 e. The first kappa shape index (κ1) is 12.2. The monoisotopic (exact) mass is 301 g/mol. The van der Waals surface area contributed by atoms with Crippen molar-refractivity contribution in [1.29, 1.82) is 0 Å². The molecule has 92 valence electrons. The van der Waals surface area contributed by atoms with Crippen LogP contribution in [-0.4, -0.2) is 31.3 Å². The molecule has 1 unspecified atom stereocenters. The van der Waals surface area contributed by atoms with E-state index < -0.39 is 12.0 Å². The minimum absolute atomic E-state index is 0.472. The fourth-order valence-electron chi connectivity index (χ4n) is 1.73. The number of likely N-dealkylation sites (N-methyl/N-ethyl adjacent to an activating group) is 1. The molecule has 1 aromatic rings. The highest BCUT2D eigenvalue weighted by Gasteiger charge is 2.23. The molecule has 0 saturated carbocycles. The van der Waals surface area contributed by atoms with Crippen molar-refractivity contribution in [3.8, 4) is 11.5 Å². The number of nitrogens with one attached hydrogen (secondary N) is 1. The van der Waals surface area contributed by atoms with Crippen LogP contribution >= 0.6 is 15.9 Å². The molecule has 2 N–H and O–H groups in total. The topological polar surface area (TPSA) is 67.8 Å². The molecule has 0 saturated heterocycles. The van der Waals surface area contributed by atoms with Gasteiger partial charge in [0.05, 0.1) is 4.47 Å². The molecule has 0 amide bonds. The number of aliphatic carboxylic acids is 1. The Balaban J connectivity index is 2.42. The van der Waals surface area contributed by atoms with Crippen LogP contribution < -0.4 is 14.8 Å². The molecule has 2 rings (SSSR count). The standard InChI is InChI=1S/C11H12BrNO4/c1-13-9(11(14)15)6-4-7(12)10-8(5-6)16-2-3-17-10/h4-5,9,13H,2-3H2,1H3,(H,14,15). The molecule has 0 aliphatic carbocycles. The van der Waals surface area contributed by atoms with Gasteiger partial charge in [-0.2, -0.15) is 0 Å². The lowest BCUT2D eigenvalue weighted by molar-refractivity contribution is -0.139. The molecule has 0 fully saturated rings. The zero-order valence-corrected chi connectivity index (χ0v) is 10.8. The van der Waals surface area contributed by atoms with Crippen LogP contribution in [0.3, 0.4) is 0 Å². The molecule has 0 spiro atoms. The zero-order valence-electron chi connectivity index (χ0n) is 9.20. The number of rotatable bonds is 3. The van der Waals surface area contributed by atoms with Gasteiger partial charge in [-0.15, -0.1) is 0 Å². The lowest BCUT2D eigenvalue weighted by Crippen LogP contribution is -2.25. The van der Waals surface area contributed by atoms with E-state index in [1.54, 1.807) is 19.2 Å². The van der Waals surface area contributed by atoms with Crippen molar-refractivity contribution in [2.75, 3.05) is 20.3 Å². The molecule has 1 heterocycles. The molecule has 1 aliphatic heterocycles. The number of carboxylic acids is 1. The van der Waals surface area contributed by atoms with Crippen molar-refractivity contribution in [1.82, 2.24) is 5.32 Å². The van der Waals surface area contributed by atoms with Crippen molar-refractivity contribution >= 4 is 21.9 Å². The summed E-state index contributed by atoms with van der Waals surface area (Å²) < 4.78 is 11.6. The average molecular weight is 302 g/mol. The fourth-order valence-corrected chi connectivity index (χ4v) is 2.30. The van der Waals surface area contributed by atoms with Gasteiger partial charge in [-0.3, -0.25) is 4.79 Å². The summed E-state index contributed by atoms with van der Waals surface area (Å²) in [6.45, 7) is 0.972. The van der Waals surface area contributed by atoms with Crippen LogP contribution in [0, 0.1) is 0 Å². The predicted molar refractivity (Wildman–Crippen MR) is 64.6 cm³/mol. The van der Waals surface area contributed by atoms with Crippen LogP contribution in [0.4, 0.5) is 0 Å². The molecule has 0 radical (unpaired) electrons. The van der Waals surface area contributed by atoms with E-state index in [4.69, 9.17) is 14.6 Å². The van der Waals surface area contributed by atoms with Crippen molar-refractivity contribution < 1.29 is 19.4 Å². The normalized spacial score (nSPS) is 15.4. The number of carbonyl (C=O) groups is 1. The van der Waals surface area contributed by atoms with Crippen molar-refractivity contribution in [3.63, 3.8) is 0 Å². The SMILES string of the molecule is CNC(C(=O)O)c1cc(Br)c2c(c1)OCCO2. The number of fused-ring (bicyclic) bond motifs is 1. The molecular formula is C11H12BrNO4. The highest BCUT2D eigenvalue weighted by Crippen LogP contribution is 2.39. The van der Waals surface area contributed by atoms with Gasteiger partial charge in [-0.05, 0) is 40.7 Å². The molecule has 1 atom stereocenters. The Kier molecular flexibility index (Phi) is 3.54. The highest BCUT2D eigenvalue weighted by atomic mass is 79.9. The number of ether oxygens (including phenoxy) is 2. The number of halogens is 1. The summed E-state index contributed by atoms with van der Waals surface area (Å²) in [5.41, 5.74) is 0.621. The third-order valence-electron chi connectivity index (χ3n) is 2.49. The molecule has 1 aromatic carbocycles. The van der Waals surface area contributed by atoms with Crippen LogP contribution in [-0.2, 0) is 4.79 Å². The van der Waals surface area contributed by atoms with Gasteiger partial charge in [-0.25, -0.2) is 0 Å². The Morgan fingerprint density at radius 1 is 1.47 bits per heavy atom. The quantitative estimate of drug-likeness (QED) is 0.887. The van der Waals surface area contributed by atoms with Crippen molar-refractivity contribution in [2.24, 2.45) is 0 Å². The zero-order chi connectivity index (χ0) is 12.4. The number of carboxylic acid groups (broad SMARTS) is 1. The van der Waals surface area contributed by atoms with E-state index in [-0.39, 0.29) is 0 Å². The van der Waals surface area contributed by atoms with Gasteiger partial charge in [0.1, 0.15) is 19.3 Å². The molecule has 0 bridgehead atoms. The fraction of sp³-hybridized carbons (Fsp3) is 0.364. The van der Waals surface area contributed by atoms with E-state index in [9.17, 15) is 4.79 Å². The summed E-state index contributed by atoms with van der Waals surface area (Å²) in [6.07, 6.45) is 0. The molecule has 1 aliphatic rings. The first-order valence-corrected chi connectivity index (χ1v) is 5.92. The summed E-state index contributed by atoms with van der Waals surface area (Å²) in [4.78, 5) is 11.1. The average Bonchev–Trinajstić information content (AvgIpc) is 2.29. The van der Waals surface area contributed by atoms with E-state index in [1.807, 2.05) is 0 Å². The second-order valence-corrected chi connectivity index (χ2v) is 4.44. The predicted octanol–water partition coefficient (Wildman–Crippen LogP) is 1.57. The maximum Gasteiger partial charge on any atom is 0.325 e. The smallest absolute Gasteiger partial charge is 0.325 e. The maximum atomic E-state index is 11.1. The van der Waals surface area contributed by atoms with Crippen molar-refractivity contribution in [3.05, 3.63) is 22.2 Å². The van der Waals surface area contributed by atoms with Crippen molar-refractivity contribution in [2.45, 2.75) is 6.04 Å². The summed E-state index contributed by atoms with van der Waals surface area (Å²) in [7, 11) is 1.60. The van der Waals surface area contributed by atoms with Gasteiger partial charge in [0.25, 0.3) is 0 Å². The largest absolute Gasteiger partial charge is 0.486 e. The Morgan fingerprint density at radius 3 is 2.82 bits per heavy atom. The number of hydrogen-bond donors (Lipinski definition) is 2. The summed E-state index contributed by atoms with van der Waals surface area (Å²) in [5, 5.41) is 11.8. The maximum absolute atomic E-state index is 11.1. The molecular weight excluding hydrogens is 290 g/mol. The molecule has 5 nitrogen and oxygen atoms in total. The second kappa shape index (κ2) is 4.93. The summed E-state index contributed by atoms with van der Waals surface area (Å²) in [6, 6.07) is 2.65. The van der Waals surface area contributed by atoms with E-state index in [0.717, 1.165) is 0 Å². The van der Waals surface area contributed by atoms with Gasteiger partial charge in [0, 0.05) is 0 Å². The van der Waals surface area contributed by atoms with Crippen LogP contribution in [0.5, 0.6) is 11.5 Å². The summed E-state index contributed by atoms with van der Waals surface area (Å²) in [5.74, 6) is 0.262. The van der Waals surface area contributed by atoms with Gasteiger partial charge < -0.3 is 19.9 Å². The van der Waals surface area contributed by atoms with E-state index in [1.165, 1.54) is 0 Å². The van der Waals surface area contributed by atoms with E-state index in [0.29, 0.717) is 34.7 Å². The number of benzene rings is 1. The minimum atomic E-state index is -0.934. The van der Waals surface area contributed by atoms with Crippen LogP contribution in [0.2, 0.25) is 0 Å². The Bertz CT molecular complexity index is 449. The Hall–Kier alpha value is -1.27. The third-order valence-corrected chi connectivity index (χ3v) is 3.08. The first-order valence-electron chi connectivity index (χ1n) is 5.12. The highest BCUT2D eigenvalue weighted by molar-refractivity contribution is 9.10. The van der Waals surface area contributed by atoms with E-state index >= 15 is 0 Å². The Morgan fingerprint density at radius 2 is 2.18 bits per heavy atom. The van der Waals surface area contributed by atoms with Crippen LogP contribution in [0.15, 0.2) is 16.6 Å². The third kappa shape index (κ3) is 2.37. The summed E-state index contributed by atoms with van der Waals surface area (Å²) >= 11 is 3.35.